The van der Waals surface area contributed by atoms with Crippen LogP contribution in [-0.2, 0) is 11.3 Å². The lowest BCUT2D eigenvalue weighted by Crippen LogP contribution is -2.47. The molecule has 2 amide bonds. The van der Waals surface area contributed by atoms with Gasteiger partial charge in [0.15, 0.2) is 0 Å². The van der Waals surface area contributed by atoms with Crippen LogP contribution in [0.1, 0.15) is 36.2 Å². The van der Waals surface area contributed by atoms with Crippen LogP contribution in [0.25, 0.3) is 0 Å². The second kappa shape index (κ2) is 9.42. The summed E-state index contributed by atoms with van der Waals surface area (Å²) in [4.78, 5) is 27.0. The van der Waals surface area contributed by atoms with Crippen molar-refractivity contribution in [3.63, 3.8) is 0 Å². The van der Waals surface area contributed by atoms with E-state index in [-0.39, 0.29) is 30.0 Å². The zero-order chi connectivity index (χ0) is 20.0. The third kappa shape index (κ3) is 6.00. The average molecular weight is 389 g/mol. The van der Waals surface area contributed by atoms with E-state index in [1.807, 2.05) is 13.8 Å². The summed E-state index contributed by atoms with van der Waals surface area (Å²) in [5.74, 6) is -0.151. The maximum Gasteiger partial charge on any atom is 0.251 e. The summed E-state index contributed by atoms with van der Waals surface area (Å²) in [6.07, 6.45) is 0.517. The number of para-hydroxylation sites is 1. The first-order valence-electron chi connectivity index (χ1n) is 8.86. The molecule has 144 valence electrons. The van der Waals surface area contributed by atoms with Gasteiger partial charge in [0.25, 0.3) is 5.91 Å². The quantitative estimate of drug-likeness (QED) is 0.756. The summed E-state index contributed by atoms with van der Waals surface area (Å²) in [6.45, 7) is 4.26. The SMILES string of the molecule is CC(C)CC(NC(=O)c1ccc(Cl)cc1)C(=O)N(C)Cc1ccccc1O. The van der Waals surface area contributed by atoms with Crippen molar-refractivity contribution in [2.75, 3.05) is 7.05 Å². The topological polar surface area (TPSA) is 69.6 Å². The van der Waals surface area contributed by atoms with Gasteiger partial charge in [0.1, 0.15) is 11.8 Å². The first-order chi connectivity index (χ1) is 12.8. The van der Waals surface area contributed by atoms with Crippen LogP contribution in [0.15, 0.2) is 48.5 Å². The first kappa shape index (κ1) is 20.8. The van der Waals surface area contributed by atoms with E-state index < -0.39 is 6.04 Å². The molecule has 1 unspecified atom stereocenters. The molecule has 2 N–H and O–H groups in total. The molecule has 0 aliphatic carbocycles. The smallest absolute Gasteiger partial charge is 0.251 e. The zero-order valence-corrected chi connectivity index (χ0v) is 16.5. The summed E-state index contributed by atoms with van der Waals surface area (Å²) < 4.78 is 0. The van der Waals surface area contributed by atoms with Gasteiger partial charge in [-0.25, -0.2) is 0 Å². The van der Waals surface area contributed by atoms with E-state index in [4.69, 9.17) is 11.6 Å². The Labute approximate surface area is 165 Å². The second-order valence-electron chi connectivity index (χ2n) is 6.99. The van der Waals surface area contributed by atoms with Crippen molar-refractivity contribution in [1.82, 2.24) is 10.2 Å². The molecule has 2 aromatic carbocycles. The standard InChI is InChI=1S/C21H25ClN2O3/c1-14(2)12-18(23-20(26)15-8-10-17(22)11-9-15)21(27)24(3)13-16-6-4-5-7-19(16)25/h4-11,14,18,25H,12-13H2,1-3H3,(H,23,26). The number of nitrogens with one attached hydrogen (secondary N) is 1. The number of amides is 2. The fraction of sp³-hybridized carbons (Fsp3) is 0.333. The van der Waals surface area contributed by atoms with Crippen LogP contribution < -0.4 is 5.32 Å². The van der Waals surface area contributed by atoms with Crippen molar-refractivity contribution in [1.29, 1.82) is 0 Å². The number of nitrogens with zero attached hydrogens (tertiary/aromatic N) is 1. The van der Waals surface area contributed by atoms with Gasteiger partial charge in [-0.3, -0.25) is 9.59 Å². The Kier molecular flexibility index (Phi) is 7.25. The summed E-state index contributed by atoms with van der Waals surface area (Å²) in [7, 11) is 1.66. The average Bonchev–Trinajstić information content (AvgIpc) is 2.62. The molecule has 0 saturated heterocycles. The van der Waals surface area contributed by atoms with Crippen molar-refractivity contribution in [2.45, 2.75) is 32.9 Å². The van der Waals surface area contributed by atoms with E-state index in [9.17, 15) is 14.7 Å². The molecule has 0 aliphatic rings. The molecule has 0 aliphatic heterocycles. The fourth-order valence-corrected chi connectivity index (χ4v) is 2.91. The minimum absolute atomic E-state index is 0.141. The van der Waals surface area contributed by atoms with Crippen molar-refractivity contribution in [3.05, 3.63) is 64.7 Å². The van der Waals surface area contributed by atoms with Gasteiger partial charge in [-0.05, 0) is 42.7 Å². The Hall–Kier alpha value is -2.53. The Balaban J connectivity index is 2.11. The maximum absolute atomic E-state index is 12.9. The lowest BCUT2D eigenvalue weighted by atomic mass is 10.0. The largest absolute Gasteiger partial charge is 0.508 e. The molecule has 2 aromatic rings. The number of aromatic hydroxyl groups is 1. The van der Waals surface area contributed by atoms with E-state index in [1.54, 1.807) is 55.6 Å². The highest BCUT2D eigenvalue weighted by molar-refractivity contribution is 6.30. The molecule has 27 heavy (non-hydrogen) atoms. The van der Waals surface area contributed by atoms with Crippen molar-refractivity contribution in [2.24, 2.45) is 5.92 Å². The lowest BCUT2D eigenvalue weighted by Gasteiger charge is -2.26. The molecule has 0 aromatic heterocycles. The Morgan fingerprint density at radius 2 is 1.74 bits per heavy atom. The Morgan fingerprint density at radius 3 is 2.33 bits per heavy atom. The summed E-state index contributed by atoms with van der Waals surface area (Å²) in [5, 5.41) is 13.3. The van der Waals surface area contributed by atoms with E-state index >= 15 is 0 Å². The fourth-order valence-electron chi connectivity index (χ4n) is 2.78. The number of hydrogen-bond donors (Lipinski definition) is 2. The minimum Gasteiger partial charge on any atom is -0.508 e. The van der Waals surface area contributed by atoms with Crippen molar-refractivity contribution >= 4 is 23.4 Å². The number of likely N-dealkylation sites (N-methyl/N-ethyl adjacent to an activating group) is 1. The van der Waals surface area contributed by atoms with Crippen molar-refractivity contribution < 1.29 is 14.7 Å². The molecule has 6 heteroatoms. The normalized spacial score (nSPS) is 11.9. The predicted octanol–water partition coefficient (Wildman–Crippen LogP) is 3.85. The number of hydrogen-bond acceptors (Lipinski definition) is 3. The maximum atomic E-state index is 12.9. The van der Waals surface area contributed by atoms with Crippen LogP contribution in [0, 0.1) is 5.92 Å². The number of carbonyl (C=O) groups excluding carboxylic acids is 2. The predicted molar refractivity (Wildman–Crippen MR) is 107 cm³/mol. The summed E-state index contributed by atoms with van der Waals surface area (Å²) >= 11 is 5.86. The summed E-state index contributed by atoms with van der Waals surface area (Å²) in [5.41, 5.74) is 1.10. The van der Waals surface area contributed by atoms with Gasteiger partial charge in [0.2, 0.25) is 5.91 Å². The molecule has 0 spiro atoms. The number of carbonyl (C=O) groups is 2. The van der Waals surface area contributed by atoms with Crippen molar-refractivity contribution in [3.8, 4) is 5.75 Å². The third-order valence-electron chi connectivity index (χ3n) is 4.19. The lowest BCUT2D eigenvalue weighted by molar-refractivity contribution is -0.132. The highest BCUT2D eigenvalue weighted by Crippen LogP contribution is 2.18. The van der Waals surface area contributed by atoms with Gasteiger partial charge in [-0.2, -0.15) is 0 Å². The molecule has 0 heterocycles. The molecule has 0 saturated carbocycles. The van der Waals surface area contributed by atoms with Crippen LogP contribution in [0.2, 0.25) is 5.02 Å². The van der Waals surface area contributed by atoms with Crippen LogP contribution in [0.4, 0.5) is 0 Å². The van der Waals surface area contributed by atoms with Crippen LogP contribution in [-0.4, -0.2) is 34.9 Å². The Morgan fingerprint density at radius 1 is 1.11 bits per heavy atom. The highest BCUT2D eigenvalue weighted by Gasteiger charge is 2.25. The van der Waals surface area contributed by atoms with E-state index in [2.05, 4.69) is 5.32 Å². The number of phenols is 1. The number of rotatable bonds is 7. The Bertz CT molecular complexity index is 790. The molecule has 0 fully saturated rings. The van der Waals surface area contributed by atoms with Crippen LogP contribution in [0.3, 0.4) is 0 Å². The zero-order valence-electron chi connectivity index (χ0n) is 15.8. The van der Waals surface area contributed by atoms with Gasteiger partial charge >= 0.3 is 0 Å². The van der Waals surface area contributed by atoms with Gasteiger partial charge in [-0.1, -0.05) is 43.6 Å². The molecule has 0 radical (unpaired) electrons. The summed E-state index contributed by atoms with van der Waals surface area (Å²) in [6, 6.07) is 12.8. The monoisotopic (exact) mass is 388 g/mol. The van der Waals surface area contributed by atoms with Gasteiger partial charge in [0, 0.05) is 29.7 Å². The molecule has 5 nitrogen and oxygen atoms in total. The third-order valence-corrected chi connectivity index (χ3v) is 4.44. The molecular weight excluding hydrogens is 364 g/mol. The number of halogens is 1. The van der Waals surface area contributed by atoms with E-state index in [0.29, 0.717) is 22.6 Å². The first-order valence-corrected chi connectivity index (χ1v) is 9.24. The van der Waals surface area contributed by atoms with E-state index in [0.717, 1.165) is 0 Å². The number of phenolic OH excluding ortho intramolecular Hbond substituents is 1. The molecule has 0 bridgehead atoms. The second-order valence-corrected chi connectivity index (χ2v) is 7.42. The number of benzene rings is 2. The van der Waals surface area contributed by atoms with Gasteiger partial charge in [-0.15, -0.1) is 0 Å². The molecular formula is C21H25ClN2O3. The van der Waals surface area contributed by atoms with Gasteiger partial charge < -0.3 is 15.3 Å². The van der Waals surface area contributed by atoms with Gasteiger partial charge in [0.05, 0.1) is 0 Å². The molecule has 2 rings (SSSR count). The highest BCUT2D eigenvalue weighted by atomic mass is 35.5. The minimum atomic E-state index is -0.649. The van der Waals surface area contributed by atoms with E-state index in [1.165, 1.54) is 4.90 Å². The molecule has 1 atom stereocenters. The van der Waals surface area contributed by atoms with Crippen LogP contribution in [0.5, 0.6) is 5.75 Å². The van der Waals surface area contributed by atoms with Crippen LogP contribution >= 0.6 is 11.6 Å².